The third kappa shape index (κ3) is 2.98. The number of aromatic amines is 1. The topological polar surface area (TPSA) is 87.9 Å². The van der Waals surface area contributed by atoms with Crippen molar-refractivity contribution in [3.8, 4) is 0 Å². The molecule has 1 fully saturated rings. The molecule has 1 amide bonds. The van der Waals surface area contributed by atoms with Crippen molar-refractivity contribution < 1.29 is 4.79 Å². The highest BCUT2D eigenvalue weighted by Gasteiger charge is 2.30. The number of thiazole rings is 1. The maximum absolute atomic E-state index is 12.7. The molecule has 2 aromatic heterocycles. The highest BCUT2D eigenvalue weighted by atomic mass is 32.1. The van der Waals surface area contributed by atoms with Crippen LogP contribution in [0.3, 0.4) is 0 Å². The molecule has 21 heavy (non-hydrogen) atoms. The monoisotopic (exact) mass is 305 g/mol. The van der Waals surface area contributed by atoms with E-state index in [1.807, 2.05) is 16.5 Å². The van der Waals surface area contributed by atoms with Crippen molar-refractivity contribution in [1.82, 2.24) is 20.1 Å². The Morgan fingerprint density at radius 3 is 3.19 bits per heavy atom. The van der Waals surface area contributed by atoms with Gasteiger partial charge < -0.3 is 10.6 Å². The van der Waals surface area contributed by atoms with Crippen LogP contribution in [0.1, 0.15) is 46.4 Å². The Balaban J connectivity index is 1.80. The van der Waals surface area contributed by atoms with Crippen molar-refractivity contribution in [3.05, 3.63) is 34.0 Å². The van der Waals surface area contributed by atoms with Gasteiger partial charge in [-0.05, 0) is 25.8 Å². The van der Waals surface area contributed by atoms with E-state index in [9.17, 15) is 4.79 Å². The average Bonchev–Trinajstić information content (AvgIpc) is 3.18. The molecule has 2 aromatic rings. The van der Waals surface area contributed by atoms with Gasteiger partial charge in [0.05, 0.1) is 17.2 Å². The smallest absolute Gasteiger partial charge is 0.273 e. The van der Waals surface area contributed by atoms with Crippen LogP contribution in [-0.4, -0.2) is 39.1 Å². The second-order valence-corrected chi connectivity index (χ2v) is 6.15. The van der Waals surface area contributed by atoms with Crippen LogP contribution in [0.15, 0.2) is 17.8 Å². The SMILES string of the molecule is NCCc1nc(C(=O)N2CCCCC2c2cn[nH]c2)cs1. The van der Waals surface area contributed by atoms with E-state index in [0.717, 1.165) is 42.8 Å². The summed E-state index contributed by atoms with van der Waals surface area (Å²) in [6.45, 7) is 1.33. The molecule has 0 bridgehead atoms. The number of nitrogens with two attached hydrogens (primary N) is 1. The summed E-state index contributed by atoms with van der Waals surface area (Å²) < 4.78 is 0. The van der Waals surface area contributed by atoms with Gasteiger partial charge in [0.25, 0.3) is 5.91 Å². The lowest BCUT2D eigenvalue weighted by Gasteiger charge is -2.34. The fourth-order valence-corrected chi connectivity index (χ4v) is 3.55. The molecule has 7 heteroatoms. The van der Waals surface area contributed by atoms with Gasteiger partial charge in [0.1, 0.15) is 5.69 Å². The third-order valence-corrected chi connectivity index (χ3v) is 4.71. The number of nitrogens with zero attached hydrogens (tertiary/aromatic N) is 3. The number of carbonyl (C=O) groups is 1. The summed E-state index contributed by atoms with van der Waals surface area (Å²) in [7, 11) is 0. The zero-order valence-corrected chi connectivity index (χ0v) is 12.6. The van der Waals surface area contributed by atoms with E-state index >= 15 is 0 Å². The molecule has 0 aromatic carbocycles. The highest BCUT2D eigenvalue weighted by molar-refractivity contribution is 7.09. The first-order valence-corrected chi connectivity index (χ1v) is 8.11. The minimum Gasteiger partial charge on any atom is -0.330 e. The van der Waals surface area contributed by atoms with Crippen molar-refractivity contribution in [1.29, 1.82) is 0 Å². The summed E-state index contributed by atoms with van der Waals surface area (Å²) in [6, 6.07) is 0.102. The predicted molar refractivity (Wildman–Crippen MR) is 81.1 cm³/mol. The van der Waals surface area contributed by atoms with E-state index in [4.69, 9.17) is 5.73 Å². The Morgan fingerprint density at radius 2 is 2.43 bits per heavy atom. The molecule has 0 saturated carbocycles. The van der Waals surface area contributed by atoms with Gasteiger partial charge in [-0.15, -0.1) is 11.3 Å². The third-order valence-electron chi connectivity index (χ3n) is 3.80. The quantitative estimate of drug-likeness (QED) is 0.900. The lowest BCUT2D eigenvalue weighted by atomic mass is 9.97. The first kappa shape index (κ1) is 14.2. The minimum absolute atomic E-state index is 0.0143. The van der Waals surface area contributed by atoms with E-state index < -0.39 is 0 Å². The van der Waals surface area contributed by atoms with Gasteiger partial charge in [-0.3, -0.25) is 9.89 Å². The van der Waals surface area contributed by atoms with Crippen molar-refractivity contribution in [2.45, 2.75) is 31.7 Å². The summed E-state index contributed by atoms with van der Waals surface area (Å²) in [5.74, 6) is 0.0143. The Hall–Kier alpha value is -1.73. The average molecular weight is 305 g/mol. The number of hydrogen-bond donors (Lipinski definition) is 2. The Labute approximate surface area is 127 Å². The molecular formula is C14H19N5OS. The molecule has 112 valence electrons. The number of rotatable bonds is 4. The summed E-state index contributed by atoms with van der Waals surface area (Å²) in [5, 5.41) is 9.60. The number of piperidine rings is 1. The molecular weight excluding hydrogens is 286 g/mol. The second kappa shape index (κ2) is 6.36. The van der Waals surface area contributed by atoms with Crippen LogP contribution >= 0.6 is 11.3 Å². The number of nitrogens with one attached hydrogen (secondary N) is 1. The van der Waals surface area contributed by atoms with Crippen molar-refractivity contribution in [2.24, 2.45) is 5.73 Å². The van der Waals surface area contributed by atoms with Crippen LogP contribution in [0.25, 0.3) is 0 Å². The molecule has 3 heterocycles. The van der Waals surface area contributed by atoms with Gasteiger partial charge in [-0.25, -0.2) is 4.98 Å². The van der Waals surface area contributed by atoms with Gasteiger partial charge in [0.15, 0.2) is 0 Å². The molecule has 1 saturated heterocycles. The van der Waals surface area contributed by atoms with Gasteiger partial charge in [0.2, 0.25) is 0 Å². The molecule has 1 unspecified atom stereocenters. The number of H-pyrrole nitrogens is 1. The van der Waals surface area contributed by atoms with Crippen LogP contribution in [-0.2, 0) is 6.42 Å². The van der Waals surface area contributed by atoms with Gasteiger partial charge in [0, 0.05) is 30.1 Å². The van der Waals surface area contributed by atoms with E-state index in [1.165, 1.54) is 11.3 Å². The lowest BCUT2D eigenvalue weighted by Crippen LogP contribution is -2.38. The van der Waals surface area contributed by atoms with Gasteiger partial charge in [-0.2, -0.15) is 5.10 Å². The van der Waals surface area contributed by atoms with Crippen LogP contribution in [0.5, 0.6) is 0 Å². The Kier molecular flexibility index (Phi) is 4.31. The summed E-state index contributed by atoms with van der Waals surface area (Å²) >= 11 is 1.51. The number of amides is 1. The van der Waals surface area contributed by atoms with Crippen molar-refractivity contribution in [2.75, 3.05) is 13.1 Å². The Morgan fingerprint density at radius 1 is 1.52 bits per heavy atom. The molecule has 1 aliphatic heterocycles. The summed E-state index contributed by atoms with van der Waals surface area (Å²) in [4.78, 5) is 19.1. The van der Waals surface area contributed by atoms with Gasteiger partial charge >= 0.3 is 0 Å². The number of hydrogen-bond acceptors (Lipinski definition) is 5. The largest absolute Gasteiger partial charge is 0.330 e. The standard InChI is InChI=1S/C14H19N5OS/c15-5-4-13-18-11(9-21-13)14(20)19-6-2-1-3-12(19)10-7-16-17-8-10/h7-9,12H,1-6,15H2,(H,16,17). The first-order valence-electron chi connectivity index (χ1n) is 7.23. The number of carbonyl (C=O) groups excluding carboxylic acids is 1. The van der Waals surface area contributed by atoms with Crippen LogP contribution in [0.4, 0.5) is 0 Å². The van der Waals surface area contributed by atoms with E-state index in [2.05, 4.69) is 15.2 Å². The normalized spacial score (nSPS) is 18.9. The Bertz CT molecular complexity index is 594. The summed E-state index contributed by atoms with van der Waals surface area (Å²) in [6.07, 6.45) is 7.55. The molecule has 0 radical (unpaired) electrons. The predicted octanol–water partition coefficient (Wildman–Crippen LogP) is 1.73. The maximum atomic E-state index is 12.7. The first-order chi connectivity index (χ1) is 10.3. The number of aromatic nitrogens is 3. The summed E-state index contributed by atoms with van der Waals surface area (Å²) in [5.41, 5.74) is 7.15. The van der Waals surface area contributed by atoms with Crippen molar-refractivity contribution in [3.63, 3.8) is 0 Å². The van der Waals surface area contributed by atoms with E-state index in [1.54, 1.807) is 6.20 Å². The van der Waals surface area contributed by atoms with Gasteiger partial charge in [-0.1, -0.05) is 0 Å². The molecule has 0 aliphatic carbocycles. The fourth-order valence-electron chi connectivity index (χ4n) is 2.76. The fraction of sp³-hybridized carbons (Fsp3) is 0.500. The molecule has 6 nitrogen and oxygen atoms in total. The maximum Gasteiger partial charge on any atom is 0.273 e. The molecule has 1 aliphatic rings. The molecule has 3 N–H and O–H groups in total. The van der Waals surface area contributed by atoms with E-state index in [-0.39, 0.29) is 11.9 Å². The van der Waals surface area contributed by atoms with E-state index in [0.29, 0.717) is 12.2 Å². The number of likely N-dealkylation sites (tertiary alicyclic amines) is 1. The molecule has 3 rings (SSSR count). The van der Waals surface area contributed by atoms with Crippen LogP contribution in [0.2, 0.25) is 0 Å². The molecule has 0 spiro atoms. The minimum atomic E-state index is 0.0143. The zero-order chi connectivity index (χ0) is 14.7. The highest BCUT2D eigenvalue weighted by Crippen LogP contribution is 2.31. The second-order valence-electron chi connectivity index (χ2n) is 5.21. The lowest BCUT2D eigenvalue weighted by molar-refractivity contribution is 0.0606. The van der Waals surface area contributed by atoms with Crippen molar-refractivity contribution >= 4 is 17.2 Å². The van der Waals surface area contributed by atoms with Crippen LogP contribution < -0.4 is 5.73 Å². The zero-order valence-electron chi connectivity index (χ0n) is 11.8. The molecule has 1 atom stereocenters. The van der Waals surface area contributed by atoms with Crippen LogP contribution in [0, 0.1) is 0 Å².